The zero-order chi connectivity index (χ0) is 9.11. The third-order valence-electron chi connectivity index (χ3n) is 1.25. The second-order valence-corrected chi connectivity index (χ2v) is 2.81. The molecule has 0 unspecified atom stereocenters. The van der Waals surface area contributed by atoms with Crippen molar-refractivity contribution in [2.75, 3.05) is 0 Å². The van der Waals surface area contributed by atoms with E-state index in [4.69, 9.17) is 0 Å². The summed E-state index contributed by atoms with van der Waals surface area (Å²) in [6.07, 6.45) is 8.46. The minimum Gasteiger partial charge on any atom is -0.0883 e. The zero-order valence-corrected chi connectivity index (χ0v) is 8.85. The lowest BCUT2D eigenvalue weighted by molar-refractivity contribution is 0.788. The largest absolute Gasteiger partial charge is 0.0883 e. The van der Waals surface area contributed by atoms with E-state index in [-0.39, 0.29) is 0 Å². The first-order valence-corrected chi connectivity index (χ1v) is 4.94. The monoisotopic (exact) mass is 156 g/mol. The highest BCUT2D eigenvalue weighted by molar-refractivity contribution is 4.83. The molecule has 0 aliphatic heterocycles. The van der Waals surface area contributed by atoms with E-state index in [9.17, 15) is 0 Å². The number of rotatable bonds is 4. The highest BCUT2D eigenvalue weighted by atomic mass is 13.9. The van der Waals surface area contributed by atoms with Gasteiger partial charge >= 0.3 is 0 Å². The second kappa shape index (κ2) is 12.4. The lowest BCUT2D eigenvalue weighted by Gasteiger charge is -1.92. The molecule has 0 N–H and O–H groups in total. The summed E-state index contributed by atoms with van der Waals surface area (Å²) >= 11 is 0. The summed E-state index contributed by atoms with van der Waals surface area (Å²) in [4.78, 5) is 0. The molecule has 0 fully saturated rings. The molecule has 0 heterocycles. The predicted molar refractivity (Wildman–Crippen MR) is 54.9 cm³/mol. The van der Waals surface area contributed by atoms with Crippen molar-refractivity contribution in [3.05, 3.63) is 12.2 Å². The van der Waals surface area contributed by atoms with Crippen LogP contribution in [0, 0.1) is 5.92 Å². The molecule has 0 spiro atoms. The SMILES string of the molecule is CC.CCCC/C=C\C(C)C. The van der Waals surface area contributed by atoms with Crippen LogP contribution in [0.3, 0.4) is 0 Å². The summed E-state index contributed by atoms with van der Waals surface area (Å²) in [5.41, 5.74) is 0. The summed E-state index contributed by atoms with van der Waals surface area (Å²) in [5, 5.41) is 0. The van der Waals surface area contributed by atoms with Crippen molar-refractivity contribution in [1.29, 1.82) is 0 Å². The van der Waals surface area contributed by atoms with Crippen LogP contribution in [0.5, 0.6) is 0 Å². The van der Waals surface area contributed by atoms with E-state index in [1.807, 2.05) is 13.8 Å². The van der Waals surface area contributed by atoms with E-state index >= 15 is 0 Å². The molecule has 0 aliphatic carbocycles. The van der Waals surface area contributed by atoms with E-state index < -0.39 is 0 Å². The Morgan fingerprint density at radius 3 is 2.09 bits per heavy atom. The third-order valence-corrected chi connectivity index (χ3v) is 1.25. The molecule has 0 saturated heterocycles. The first kappa shape index (κ1) is 13.3. The van der Waals surface area contributed by atoms with Gasteiger partial charge in [-0.1, -0.05) is 59.6 Å². The minimum atomic E-state index is 0.724. The normalized spacial score (nSPS) is 10.0. The predicted octanol–water partition coefficient (Wildman–Crippen LogP) is 4.42. The lowest BCUT2D eigenvalue weighted by atomic mass is 10.1. The molecule has 0 amide bonds. The van der Waals surface area contributed by atoms with Crippen LogP contribution in [0.15, 0.2) is 12.2 Å². The molecule has 0 heteroatoms. The quantitative estimate of drug-likeness (QED) is 0.417. The Balaban J connectivity index is 0. The number of allylic oxidation sites excluding steroid dienone is 2. The highest BCUT2D eigenvalue weighted by Gasteiger charge is 1.82. The fourth-order valence-electron chi connectivity index (χ4n) is 0.690. The van der Waals surface area contributed by atoms with Gasteiger partial charge in [0.15, 0.2) is 0 Å². The maximum absolute atomic E-state index is 2.29. The van der Waals surface area contributed by atoms with Crippen LogP contribution >= 0.6 is 0 Å². The Labute approximate surface area is 72.7 Å². The summed E-state index contributed by atoms with van der Waals surface area (Å²) < 4.78 is 0. The van der Waals surface area contributed by atoms with E-state index in [1.54, 1.807) is 0 Å². The molecule has 0 aromatic carbocycles. The Kier molecular flexibility index (Phi) is 15.1. The van der Waals surface area contributed by atoms with Crippen molar-refractivity contribution in [2.45, 2.75) is 53.9 Å². The van der Waals surface area contributed by atoms with Crippen molar-refractivity contribution in [3.8, 4) is 0 Å². The number of hydrogen-bond acceptors (Lipinski definition) is 0. The maximum atomic E-state index is 2.29. The second-order valence-electron chi connectivity index (χ2n) is 2.81. The van der Waals surface area contributed by atoms with Crippen LogP contribution in [0.1, 0.15) is 53.9 Å². The van der Waals surface area contributed by atoms with Gasteiger partial charge in [0, 0.05) is 0 Å². The molecule has 0 radical (unpaired) electrons. The lowest BCUT2D eigenvalue weighted by Crippen LogP contribution is -1.76. The molecule has 0 aliphatic rings. The first-order chi connectivity index (χ1) is 5.27. The summed E-state index contributed by atoms with van der Waals surface area (Å²) in [6.45, 7) is 10.6. The van der Waals surface area contributed by atoms with Crippen molar-refractivity contribution in [1.82, 2.24) is 0 Å². The van der Waals surface area contributed by atoms with Crippen molar-refractivity contribution >= 4 is 0 Å². The van der Waals surface area contributed by atoms with E-state index in [2.05, 4.69) is 32.9 Å². The van der Waals surface area contributed by atoms with Gasteiger partial charge in [0.1, 0.15) is 0 Å². The van der Waals surface area contributed by atoms with Gasteiger partial charge in [-0.2, -0.15) is 0 Å². The van der Waals surface area contributed by atoms with E-state index in [1.165, 1.54) is 19.3 Å². The van der Waals surface area contributed by atoms with Gasteiger partial charge in [-0.15, -0.1) is 0 Å². The smallest absolute Gasteiger partial charge is 0.0290 e. The van der Waals surface area contributed by atoms with Gasteiger partial charge < -0.3 is 0 Å². The summed E-state index contributed by atoms with van der Waals surface area (Å²) in [6, 6.07) is 0. The average Bonchev–Trinajstić information content (AvgIpc) is 2.02. The van der Waals surface area contributed by atoms with Crippen LogP contribution < -0.4 is 0 Å². The molecule has 0 aromatic heterocycles. The Morgan fingerprint density at radius 2 is 1.73 bits per heavy atom. The maximum Gasteiger partial charge on any atom is -0.0290 e. The van der Waals surface area contributed by atoms with Crippen LogP contribution in [0.2, 0.25) is 0 Å². The molecule has 0 bridgehead atoms. The van der Waals surface area contributed by atoms with Crippen LogP contribution in [-0.4, -0.2) is 0 Å². The van der Waals surface area contributed by atoms with Crippen LogP contribution in [0.25, 0.3) is 0 Å². The molecule has 0 nitrogen and oxygen atoms in total. The Hall–Kier alpha value is -0.260. The van der Waals surface area contributed by atoms with Gasteiger partial charge in [-0.3, -0.25) is 0 Å². The molecule has 0 saturated carbocycles. The minimum absolute atomic E-state index is 0.724. The molecule has 11 heavy (non-hydrogen) atoms. The topological polar surface area (TPSA) is 0 Å². The van der Waals surface area contributed by atoms with Gasteiger partial charge in [0.25, 0.3) is 0 Å². The Morgan fingerprint density at radius 1 is 1.18 bits per heavy atom. The van der Waals surface area contributed by atoms with Crippen LogP contribution in [-0.2, 0) is 0 Å². The molecular formula is C11H24. The van der Waals surface area contributed by atoms with Gasteiger partial charge in [-0.25, -0.2) is 0 Å². The van der Waals surface area contributed by atoms with Crippen LogP contribution in [0.4, 0.5) is 0 Å². The van der Waals surface area contributed by atoms with Crippen molar-refractivity contribution < 1.29 is 0 Å². The fourth-order valence-corrected chi connectivity index (χ4v) is 0.690. The third kappa shape index (κ3) is 17.7. The average molecular weight is 156 g/mol. The van der Waals surface area contributed by atoms with E-state index in [0.717, 1.165) is 5.92 Å². The number of unbranched alkanes of at least 4 members (excludes halogenated alkanes) is 2. The molecular weight excluding hydrogens is 132 g/mol. The number of hydrogen-bond donors (Lipinski definition) is 0. The molecule has 0 atom stereocenters. The molecule has 0 rings (SSSR count). The van der Waals surface area contributed by atoms with Crippen molar-refractivity contribution in [3.63, 3.8) is 0 Å². The van der Waals surface area contributed by atoms with Gasteiger partial charge in [0.05, 0.1) is 0 Å². The summed E-state index contributed by atoms with van der Waals surface area (Å²) in [7, 11) is 0. The fraction of sp³-hybridized carbons (Fsp3) is 0.818. The summed E-state index contributed by atoms with van der Waals surface area (Å²) in [5.74, 6) is 0.724. The Bertz CT molecular complexity index is 70.1. The van der Waals surface area contributed by atoms with Gasteiger partial charge in [0.2, 0.25) is 0 Å². The highest BCUT2D eigenvalue weighted by Crippen LogP contribution is 1.99. The standard InChI is InChI=1S/C9H18.C2H6/c1-4-5-6-7-8-9(2)3;1-2/h7-9H,4-6H2,1-3H3;1-2H3/b8-7-;. The van der Waals surface area contributed by atoms with Crippen molar-refractivity contribution in [2.24, 2.45) is 5.92 Å². The molecule has 68 valence electrons. The first-order valence-electron chi connectivity index (χ1n) is 4.94. The molecule has 0 aromatic rings. The zero-order valence-electron chi connectivity index (χ0n) is 8.85. The van der Waals surface area contributed by atoms with Gasteiger partial charge in [-0.05, 0) is 12.3 Å². The van der Waals surface area contributed by atoms with E-state index in [0.29, 0.717) is 0 Å².